The van der Waals surface area contributed by atoms with Gasteiger partial charge in [0.05, 0.1) is 0 Å². The molecular weight excluding hydrogens is 413 g/mol. The van der Waals surface area contributed by atoms with Gasteiger partial charge in [-0.1, -0.05) is 11.6 Å². The van der Waals surface area contributed by atoms with Crippen LogP contribution in [0.2, 0.25) is 5.02 Å². The van der Waals surface area contributed by atoms with Crippen molar-refractivity contribution < 1.29 is 9.53 Å². The Morgan fingerprint density at radius 2 is 1.73 bits per heavy atom. The van der Waals surface area contributed by atoms with Crippen LogP contribution in [-0.2, 0) is 4.79 Å². The van der Waals surface area contributed by atoms with E-state index in [-0.39, 0.29) is 5.91 Å². The Balaban J connectivity index is 2.03. The summed E-state index contributed by atoms with van der Waals surface area (Å²) in [4.78, 5) is 12.2. The summed E-state index contributed by atoms with van der Waals surface area (Å²) in [6.07, 6.45) is -0.598. The fourth-order valence-electron chi connectivity index (χ4n) is 2.01. The van der Waals surface area contributed by atoms with Gasteiger partial charge in [0.2, 0.25) is 0 Å². The Kier molecular flexibility index (Phi) is 5.69. The van der Waals surface area contributed by atoms with Gasteiger partial charge in [-0.3, -0.25) is 4.79 Å². The molecule has 0 heterocycles. The van der Waals surface area contributed by atoms with Crippen LogP contribution in [0.4, 0.5) is 5.69 Å². The van der Waals surface area contributed by atoms with Crippen molar-refractivity contribution in [3.05, 3.63) is 56.1 Å². The van der Waals surface area contributed by atoms with Crippen molar-refractivity contribution in [1.82, 2.24) is 0 Å². The fourth-order valence-corrected chi connectivity index (χ4v) is 2.48. The average Bonchev–Trinajstić information content (AvgIpc) is 2.47. The summed E-state index contributed by atoms with van der Waals surface area (Å²) in [7, 11) is 0. The lowest BCUT2D eigenvalue weighted by Gasteiger charge is -2.16. The summed E-state index contributed by atoms with van der Waals surface area (Å²) in [5, 5.41) is 3.56. The zero-order chi connectivity index (χ0) is 16.3. The molecule has 0 aromatic heterocycles. The molecule has 1 atom stereocenters. The minimum Gasteiger partial charge on any atom is -0.481 e. The molecule has 2 aromatic rings. The molecule has 0 radical (unpaired) electrons. The van der Waals surface area contributed by atoms with Gasteiger partial charge in [0.15, 0.2) is 6.10 Å². The highest BCUT2D eigenvalue weighted by Gasteiger charge is 2.15. The van der Waals surface area contributed by atoms with Crippen molar-refractivity contribution in [1.29, 1.82) is 0 Å². The number of carbonyl (C=O) groups excluding carboxylic acids is 1. The number of nitrogens with one attached hydrogen (secondary N) is 1. The number of ether oxygens (including phenoxy) is 1. The quantitative estimate of drug-likeness (QED) is 0.697. The number of carbonyl (C=O) groups is 1. The summed E-state index contributed by atoms with van der Waals surface area (Å²) >= 11 is 8.35. The number of anilines is 1. The van der Waals surface area contributed by atoms with E-state index in [1.165, 1.54) is 0 Å². The third-order valence-corrected chi connectivity index (χ3v) is 4.52. The van der Waals surface area contributed by atoms with Crippen molar-refractivity contribution >= 4 is 45.8 Å². The van der Waals surface area contributed by atoms with Crippen LogP contribution in [0.5, 0.6) is 5.75 Å². The Bertz CT molecular complexity index is 663. The molecule has 0 aliphatic rings. The predicted octanol–water partition coefficient (Wildman–Crippen LogP) is 4.97. The number of benzene rings is 2. The van der Waals surface area contributed by atoms with Gasteiger partial charge in [-0.2, -0.15) is 0 Å². The molecule has 22 heavy (non-hydrogen) atoms. The Hall–Kier alpha value is -1.27. The highest BCUT2D eigenvalue weighted by molar-refractivity contribution is 14.1. The smallest absolute Gasteiger partial charge is 0.265 e. The van der Waals surface area contributed by atoms with Crippen LogP contribution in [0.3, 0.4) is 0 Å². The van der Waals surface area contributed by atoms with Crippen LogP contribution in [0.25, 0.3) is 0 Å². The Morgan fingerprint density at radius 1 is 1.18 bits per heavy atom. The van der Waals surface area contributed by atoms with Crippen LogP contribution in [0, 0.1) is 17.4 Å². The van der Waals surface area contributed by atoms with E-state index < -0.39 is 6.10 Å². The van der Waals surface area contributed by atoms with Crippen LogP contribution in [0.1, 0.15) is 18.1 Å². The van der Waals surface area contributed by atoms with Crippen LogP contribution < -0.4 is 10.1 Å². The maximum Gasteiger partial charge on any atom is 0.265 e. The fraction of sp³-hybridized carbons (Fsp3) is 0.235. The van der Waals surface area contributed by atoms with Gasteiger partial charge < -0.3 is 10.1 Å². The number of amides is 1. The monoisotopic (exact) mass is 429 g/mol. The molecule has 2 rings (SSSR count). The van der Waals surface area contributed by atoms with Gasteiger partial charge in [0.25, 0.3) is 5.91 Å². The molecule has 0 aliphatic carbocycles. The predicted molar refractivity (Wildman–Crippen MR) is 98.8 cm³/mol. The summed E-state index contributed by atoms with van der Waals surface area (Å²) in [6.45, 7) is 5.55. The molecule has 5 heteroatoms. The normalized spacial score (nSPS) is 11.9. The van der Waals surface area contributed by atoms with Crippen LogP contribution >= 0.6 is 34.2 Å². The molecular formula is C17H17ClINO2. The molecule has 116 valence electrons. The molecule has 1 unspecified atom stereocenters. The summed E-state index contributed by atoms with van der Waals surface area (Å²) in [6, 6.07) is 11.3. The van der Waals surface area contributed by atoms with E-state index in [0.717, 1.165) is 25.4 Å². The number of hydrogen-bond acceptors (Lipinski definition) is 2. The first-order chi connectivity index (χ1) is 10.4. The Labute approximate surface area is 149 Å². The summed E-state index contributed by atoms with van der Waals surface area (Å²) in [5.41, 5.74) is 2.62. The average molecular weight is 430 g/mol. The molecule has 3 nitrogen and oxygen atoms in total. The number of hydrogen-bond donors (Lipinski definition) is 1. The van der Waals surface area contributed by atoms with Crippen LogP contribution in [0.15, 0.2) is 36.4 Å². The van der Waals surface area contributed by atoms with Gasteiger partial charge in [-0.25, -0.2) is 0 Å². The van der Waals surface area contributed by atoms with Crippen molar-refractivity contribution in [3.63, 3.8) is 0 Å². The molecule has 0 bridgehead atoms. The maximum atomic E-state index is 12.2. The second kappa shape index (κ2) is 7.33. The molecule has 0 saturated heterocycles. The molecule has 1 amide bonds. The van der Waals surface area contributed by atoms with Gasteiger partial charge in [0.1, 0.15) is 5.75 Å². The van der Waals surface area contributed by atoms with E-state index in [1.54, 1.807) is 6.92 Å². The maximum absolute atomic E-state index is 12.2. The summed E-state index contributed by atoms with van der Waals surface area (Å²) < 4.78 is 6.83. The highest BCUT2D eigenvalue weighted by atomic mass is 127. The zero-order valence-electron chi connectivity index (χ0n) is 12.6. The molecule has 1 N–H and O–H groups in total. The van der Waals surface area contributed by atoms with E-state index in [2.05, 4.69) is 27.9 Å². The second-order valence-electron chi connectivity index (χ2n) is 5.13. The Morgan fingerprint density at radius 3 is 2.27 bits per heavy atom. The van der Waals surface area contributed by atoms with Crippen molar-refractivity contribution in [3.8, 4) is 5.75 Å². The number of rotatable bonds is 4. The third-order valence-electron chi connectivity index (χ3n) is 3.20. The second-order valence-corrected chi connectivity index (χ2v) is 6.75. The highest BCUT2D eigenvalue weighted by Crippen LogP contribution is 2.26. The van der Waals surface area contributed by atoms with Gasteiger partial charge in [0, 0.05) is 14.3 Å². The van der Waals surface area contributed by atoms with Crippen molar-refractivity contribution in [2.24, 2.45) is 0 Å². The molecule has 0 saturated carbocycles. The van der Waals surface area contributed by atoms with Crippen molar-refractivity contribution in [2.45, 2.75) is 26.9 Å². The minimum absolute atomic E-state index is 0.188. The SMILES string of the molecule is Cc1cc(OC(C)C(=O)Nc2ccc(I)cc2)cc(C)c1Cl. The van der Waals surface area contributed by atoms with E-state index in [9.17, 15) is 4.79 Å². The van der Waals surface area contributed by atoms with E-state index >= 15 is 0 Å². The minimum atomic E-state index is -0.598. The molecule has 2 aromatic carbocycles. The lowest BCUT2D eigenvalue weighted by Crippen LogP contribution is -2.30. The topological polar surface area (TPSA) is 38.3 Å². The van der Waals surface area contributed by atoms with Crippen LogP contribution in [-0.4, -0.2) is 12.0 Å². The van der Waals surface area contributed by atoms with Crippen molar-refractivity contribution in [2.75, 3.05) is 5.32 Å². The van der Waals surface area contributed by atoms with E-state index in [1.807, 2.05) is 50.2 Å². The first kappa shape index (κ1) is 17.1. The first-order valence-electron chi connectivity index (χ1n) is 6.86. The molecule has 0 aliphatic heterocycles. The standard InChI is InChI=1S/C17H17ClINO2/c1-10-8-15(9-11(2)16(10)18)22-12(3)17(21)20-14-6-4-13(19)5-7-14/h4-9,12H,1-3H3,(H,20,21). The largest absolute Gasteiger partial charge is 0.481 e. The van der Waals surface area contributed by atoms with E-state index in [0.29, 0.717) is 5.75 Å². The lowest BCUT2D eigenvalue weighted by atomic mass is 10.1. The van der Waals surface area contributed by atoms with Gasteiger partial charge >= 0.3 is 0 Å². The first-order valence-corrected chi connectivity index (χ1v) is 8.32. The van der Waals surface area contributed by atoms with Gasteiger partial charge in [-0.05, 0) is 90.9 Å². The number of aryl methyl sites for hydroxylation is 2. The lowest BCUT2D eigenvalue weighted by molar-refractivity contribution is -0.122. The number of halogens is 2. The zero-order valence-corrected chi connectivity index (χ0v) is 15.5. The molecule has 0 spiro atoms. The third kappa shape index (κ3) is 4.36. The molecule has 0 fully saturated rings. The summed E-state index contributed by atoms with van der Waals surface area (Å²) in [5.74, 6) is 0.455. The van der Waals surface area contributed by atoms with Gasteiger partial charge in [-0.15, -0.1) is 0 Å². The van der Waals surface area contributed by atoms with E-state index in [4.69, 9.17) is 16.3 Å².